The number of esters is 3. The Kier molecular flexibility index (Phi) is 67.7. The van der Waals surface area contributed by atoms with Crippen LogP contribution in [-0.2, 0) is 28.6 Å². The largest absolute Gasteiger partial charge is 0.462 e. The van der Waals surface area contributed by atoms with E-state index in [1.165, 1.54) is 231 Å². The van der Waals surface area contributed by atoms with Crippen molar-refractivity contribution in [3.63, 3.8) is 0 Å². The van der Waals surface area contributed by atoms with Crippen molar-refractivity contribution in [2.24, 2.45) is 0 Å². The third kappa shape index (κ3) is 69.0. The van der Waals surface area contributed by atoms with Crippen LogP contribution in [-0.4, -0.2) is 37.2 Å². The first kappa shape index (κ1) is 79.3. The van der Waals surface area contributed by atoms with Crippen molar-refractivity contribution in [3.8, 4) is 0 Å². The van der Waals surface area contributed by atoms with Crippen LogP contribution in [0.5, 0.6) is 0 Å². The molecule has 0 aromatic heterocycles. The highest BCUT2D eigenvalue weighted by atomic mass is 16.6. The standard InChI is InChI=1S/C77H134O6/c1-4-7-10-13-16-19-22-25-27-29-31-32-33-34-35-36-37-38-39-40-41-42-43-44-46-47-49-52-55-58-61-64-67-70-76(79)82-73-74(72-81-75(78)69-66-63-60-57-54-51-24-21-18-15-12-9-6-3)83-77(80)71-68-65-62-59-56-53-50-48-45-30-28-26-23-20-17-14-11-8-5-2/h9,12,18,21-22,25-26,28-29,31,33-34,51,54,60,63,74H,4-8,10-11,13-17,19-20,23-24,27,30,32,35-50,52-53,55-59,61-62,64-73H2,1-3H3/b12-9-,21-18-,25-22-,28-26-,31-29-,34-33-,54-51-,63-60-. The van der Waals surface area contributed by atoms with E-state index < -0.39 is 6.10 Å². The van der Waals surface area contributed by atoms with Crippen molar-refractivity contribution in [2.75, 3.05) is 13.2 Å². The molecule has 0 amide bonds. The molecule has 0 saturated heterocycles. The normalized spacial score (nSPS) is 12.7. The number of ether oxygens (including phenoxy) is 3. The zero-order valence-corrected chi connectivity index (χ0v) is 54.9. The molecule has 0 aromatic carbocycles. The van der Waals surface area contributed by atoms with E-state index in [-0.39, 0.29) is 37.5 Å². The van der Waals surface area contributed by atoms with E-state index in [1.54, 1.807) is 0 Å². The first-order chi connectivity index (χ1) is 41.0. The minimum Gasteiger partial charge on any atom is -0.462 e. The van der Waals surface area contributed by atoms with Crippen LogP contribution in [0.1, 0.15) is 355 Å². The number of carbonyl (C=O) groups is 3. The van der Waals surface area contributed by atoms with Crippen molar-refractivity contribution in [3.05, 3.63) is 97.2 Å². The summed E-state index contributed by atoms with van der Waals surface area (Å²) >= 11 is 0. The molecule has 6 heteroatoms. The first-order valence-electron chi connectivity index (χ1n) is 35.7. The van der Waals surface area contributed by atoms with Gasteiger partial charge in [0.25, 0.3) is 0 Å². The molecule has 0 bridgehead atoms. The Labute approximate surface area is 515 Å². The number of rotatable bonds is 65. The Hall–Kier alpha value is -3.67. The summed E-state index contributed by atoms with van der Waals surface area (Å²) in [7, 11) is 0. The third-order valence-electron chi connectivity index (χ3n) is 15.6. The summed E-state index contributed by atoms with van der Waals surface area (Å²) in [4.78, 5) is 38.3. The summed E-state index contributed by atoms with van der Waals surface area (Å²) < 4.78 is 16.9. The fourth-order valence-electron chi connectivity index (χ4n) is 10.2. The Bertz CT molecular complexity index is 1610. The fourth-order valence-corrected chi connectivity index (χ4v) is 10.2. The second-order valence-corrected chi connectivity index (χ2v) is 23.8. The van der Waals surface area contributed by atoms with Gasteiger partial charge in [-0.15, -0.1) is 0 Å². The van der Waals surface area contributed by atoms with E-state index in [2.05, 4.69) is 112 Å². The maximum Gasteiger partial charge on any atom is 0.306 e. The number of hydrogen-bond acceptors (Lipinski definition) is 6. The van der Waals surface area contributed by atoms with Gasteiger partial charge in [0.05, 0.1) is 0 Å². The van der Waals surface area contributed by atoms with Crippen molar-refractivity contribution >= 4 is 17.9 Å². The van der Waals surface area contributed by atoms with Gasteiger partial charge in [0, 0.05) is 19.3 Å². The second kappa shape index (κ2) is 70.8. The summed E-state index contributed by atoms with van der Waals surface area (Å²) in [6.45, 7) is 6.48. The Balaban J connectivity index is 4.20. The summed E-state index contributed by atoms with van der Waals surface area (Å²) in [5.41, 5.74) is 0. The highest BCUT2D eigenvalue weighted by Gasteiger charge is 2.19. The predicted molar refractivity (Wildman–Crippen MR) is 362 cm³/mol. The van der Waals surface area contributed by atoms with Crippen LogP contribution in [0, 0.1) is 0 Å². The molecular formula is C77H134O6. The van der Waals surface area contributed by atoms with E-state index in [0.29, 0.717) is 19.3 Å². The van der Waals surface area contributed by atoms with Crippen molar-refractivity contribution in [1.82, 2.24) is 0 Å². The number of unbranched alkanes of at least 4 members (excludes halogenated alkanes) is 38. The summed E-state index contributed by atoms with van der Waals surface area (Å²) in [5, 5.41) is 0. The molecule has 0 saturated carbocycles. The Morgan fingerprint density at radius 3 is 0.819 bits per heavy atom. The Morgan fingerprint density at radius 1 is 0.253 bits per heavy atom. The van der Waals surface area contributed by atoms with Crippen LogP contribution in [0.3, 0.4) is 0 Å². The number of allylic oxidation sites excluding steroid dienone is 16. The van der Waals surface area contributed by atoms with Crippen LogP contribution in [0.4, 0.5) is 0 Å². The quantitative estimate of drug-likeness (QED) is 0.0261. The average Bonchev–Trinajstić information content (AvgIpc) is 3.49. The molecule has 0 N–H and O–H groups in total. The number of carbonyl (C=O) groups excluding carboxylic acids is 3. The molecule has 0 aliphatic heterocycles. The molecular weight excluding hydrogens is 1020 g/mol. The van der Waals surface area contributed by atoms with Crippen LogP contribution >= 0.6 is 0 Å². The van der Waals surface area contributed by atoms with Crippen LogP contribution in [0.2, 0.25) is 0 Å². The molecule has 0 radical (unpaired) electrons. The molecule has 478 valence electrons. The van der Waals surface area contributed by atoms with Crippen molar-refractivity contribution < 1.29 is 28.6 Å². The van der Waals surface area contributed by atoms with Gasteiger partial charge in [-0.3, -0.25) is 14.4 Å². The predicted octanol–water partition coefficient (Wildman–Crippen LogP) is 24.8. The zero-order chi connectivity index (χ0) is 59.9. The molecule has 1 unspecified atom stereocenters. The Morgan fingerprint density at radius 2 is 0.494 bits per heavy atom. The topological polar surface area (TPSA) is 78.9 Å². The number of hydrogen-bond donors (Lipinski definition) is 0. The lowest BCUT2D eigenvalue weighted by atomic mass is 10.0. The van der Waals surface area contributed by atoms with Gasteiger partial charge in [-0.25, -0.2) is 0 Å². The molecule has 0 aromatic rings. The average molecular weight is 1160 g/mol. The van der Waals surface area contributed by atoms with Gasteiger partial charge in [0.15, 0.2) is 6.10 Å². The highest BCUT2D eigenvalue weighted by Crippen LogP contribution is 2.17. The smallest absolute Gasteiger partial charge is 0.306 e. The fraction of sp³-hybridized carbons (Fsp3) is 0.753. The highest BCUT2D eigenvalue weighted by molar-refractivity contribution is 5.71. The molecule has 0 aliphatic rings. The lowest BCUT2D eigenvalue weighted by Crippen LogP contribution is -2.30. The second-order valence-electron chi connectivity index (χ2n) is 23.8. The summed E-state index contributed by atoms with van der Waals surface area (Å²) in [6, 6.07) is 0. The van der Waals surface area contributed by atoms with Crippen LogP contribution in [0.15, 0.2) is 97.2 Å². The lowest BCUT2D eigenvalue weighted by molar-refractivity contribution is -0.166. The monoisotopic (exact) mass is 1160 g/mol. The van der Waals surface area contributed by atoms with Gasteiger partial charge in [0.1, 0.15) is 13.2 Å². The van der Waals surface area contributed by atoms with E-state index in [1.807, 2.05) is 6.08 Å². The molecule has 0 spiro atoms. The van der Waals surface area contributed by atoms with Gasteiger partial charge >= 0.3 is 17.9 Å². The van der Waals surface area contributed by atoms with Crippen LogP contribution < -0.4 is 0 Å². The van der Waals surface area contributed by atoms with Crippen LogP contribution in [0.25, 0.3) is 0 Å². The maximum atomic E-state index is 12.9. The van der Waals surface area contributed by atoms with E-state index in [9.17, 15) is 14.4 Å². The molecule has 83 heavy (non-hydrogen) atoms. The molecule has 6 nitrogen and oxygen atoms in total. The van der Waals surface area contributed by atoms with Gasteiger partial charge < -0.3 is 14.2 Å². The van der Waals surface area contributed by atoms with E-state index in [4.69, 9.17) is 14.2 Å². The molecule has 0 rings (SSSR count). The molecule has 0 aliphatic carbocycles. The van der Waals surface area contributed by atoms with Gasteiger partial charge in [0.2, 0.25) is 0 Å². The van der Waals surface area contributed by atoms with Gasteiger partial charge in [-0.2, -0.15) is 0 Å². The molecule has 0 fully saturated rings. The zero-order valence-electron chi connectivity index (χ0n) is 54.9. The summed E-state index contributed by atoms with van der Waals surface area (Å²) in [6.07, 6.45) is 96.1. The van der Waals surface area contributed by atoms with Crippen molar-refractivity contribution in [1.29, 1.82) is 0 Å². The third-order valence-corrected chi connectivity index (χ3v) is 15.6. The SMILES string of the molecule is CC/C=C\C/C=C\C/C=C\C/C=C\CCC(=O)OCC(COC(=O)CCCCCCCCCCCCCCCCCCCC/C=C\C/C=C\C/C=C\CCCCCCC)OC(=O)CCCCCCCCCCC/C=C\CCCCCCCC. The minimum atomic E-state index is -0.808. The van der Waals surface area contributed by atoms with E-state index in [0.717, 1.165) is 77.0 Å². The van der Waals surface area contributed by atoms with Gasteiger partial charge in [-0.1, -0.05) is 323 Å². The first-order valence-corrected chi connectivity index (χ1v) is 35.7. The van der Waals surface area contributed by atoms with E-state index >= 15 is 0 Å². The minimum absolute atomic E-state index is 0.0975. The molecule has 0 heterocycles. The van der Waals surface area contributed by atoms with Crippen molar-refractivity contribution in [2.45, 2.75) is 361 Å². The van der Waals surface area contributed by atoms with Gasteiger partial charge in [-0.05, 0) is 109 Å². The molecule has 1 atom stereocenters. The summed E-state index contributed by atoms with van der Waals surface area (Å²) in [5.74, 6) is -0.970. The maximum absolute atomic E-state index is 12.9. The lowest BCUT2D eigenvalue weighted by Gasteiger charge is -2.18.